The highest BCUT2D eigenvalue weighted by molar-refractivity contribution is 5.86. The van der Waals surface area contributed by atoms with Crippen LogP contribution in [0.4, 0.5) is 4.79 Å². The van der Waals surface area contributed by atoms with Gasteiger partial charge >= 0.3 is 6.09 Å². The van der Waals surface area contributed by atoms with Crippen molar-refractivity contribution in [2.75, 3.05) is 13.7 Å². The SMILES string of the molecule is CC[C@H](C)[C@H](NC(=O)OC)C(=O)N1CCC[C@H]1C#N. The van der Waals surface area contributed by atoms with Crippen LogP contribution in [0.2, 0.25) is 0 Å². The highest BCUT2D eigenvalue weighted by atomic mass is 16.5. The molecule has 0 spiro atoms. The van der Waals surface area contributed by atoms with Crippen LogP contribution in [-0.2, 0) is 9.53 Å². The summed E-state index contributed by atoms with van der Waals surface area (Å²) in [4.78, 5) is 25.4. The van der Waals surface area contributed by atoms with Crippen molar-refractivity contribution in [3.63, 3.8) is 0 Å². The maximum absolute atomic E-state index is 12.5. The predicted molar refractivity (Wildman–Crippen MR) is 69.1 cm³/mol. The average molecular weight is 267 g/mol. The second kappa shape index (κ2) is 6.98. The van der Waals surface area contributed by atoms with Gasteiger partial charge in [-0.05, 0) is 18.8 Å². The number of carbonyl (C=O) groups is 2. The third-order valence-electron chi connectivity index (χ3n) is 3.62. The summed E-state index contributed by atoms with van der Waals surface area (Å²) in [5.41, 5.74) is 0. The van der Waals surface area contributed by atoms with E-state index in [2.05, 4.69) is 16.1 Å². The summed E-state index contributed by atoms with van der Waals surface area (Å²) in [6, 6.07) is 1.13. The fraction of sp³-hybridized carbons (Fsp3) is 0.769. The Morgan fingerprint density at radius 2 is 2.26 bits per heavy atom. The van der Waals surface area contributed by atoms with Crippen LogP contribution in [0.5, 0.6) is 0 Å². The topological polar surface area (TPSA) is 82.4 Å². The molecule has 1 saturated heterocycles. The van der Waals surface area contributed by atoms with Crippen LogP contribution in [0.15, 0.2) is 0 Å². The summed E-state index contributed by atoms with van der Waals surface area (Å²) in [7, 11) is 1.27. The van der Waals surface area contributed by atoms with Gasteiger partial charge in [-0.15, -0.1) is 0 Å². The highest BCUT2D eigenvalue weighted by Crippen LogP contribution is 2.20. The Hall–Kier alpha value is -1.77. The number of hydrogen-bond donors (Lipinski definition) is 1. The van der Waals surface area contributed by atoms with Crippen LogP contribution in [0.1, 0.15) is 33.1 Å². The first kappa shape index (κ1) is 15.3. The molecular weight excluding hydrogens is 246 g/mol. The van der Waals surface area contributed by atoms with E-state index in [1.807, 2.05) is 13.8 Å². The molecule has 0 aromatic heterocycles. The first-order valence-electron chi connectivity index (χ1n) is 6.59. The highest BCUT2D eigenvalue weighted by Gasteiger charge is 2.36. The lowest BCUT2D eigenvalue weighted by Gasteiger charge is -2.29. The summed E-state index contributed by atoms with van der Waals surface area (Å²) < 4.78 is 4.56. The van der Waals surface area contributed by atoms with Crippen LogP contribution >= 0.6 is 0 Å². The van der Waals surface area contributed by atoms with Crippen LogP contribution < -0.4 is 5.32 Å². The second-order valence-corrected chi connectivity index (χ2v) is 4.82. The number of rotatable bonds is 4. The Labute approximate surface area is 113 Å². The number of amides is 2. The van der Waals surface area contributed by atoms with Crippen LogP contribution in [0.3, 0.4) is 0 Å². The number of ether oxygens (including phenoxy) is 1. The summed E-state index contributed by atoms with van der Waals surface area (Å²) in [5, 5.41) is 11.6. The molecule has 0 saturated carbocycles. The molecule has 0 bridgehead atoms. The minimum absolute atomic E-state index is 0.00783. The molecule has 0 radical (unpaired) electrons. The van der Waals surface area contributed by atoms with Crippen molar-refractivity contribution in [2.24, 2.45) is 5.92 Å². The zero-order chi connectivity index (χ0) is 14.4. The summed E-state index contributed by atoms with van der Waals surface area (Å²) in [6.45, 7) is 4.43. The Morgan fingerprint density at radius 1 is 1.58 bits per heavy atom. The maximum atomic E-state index is 12.5. The number of alkyl carbamates (subject to hydrolysis) is 1. The van der Waals surface area contributed by atoms with Crippen molar-refractivity contribution < 1.29 is 14.3 Å². The van der Waals surface area contributed by atoms with E-state index in [1.54, 1.807) is 4.90 Å². The molecule has 1 rings (SSSR count). The third kappa shape index (κ3) is 3.60. The van der Waals surface area contributed by atoms with Gasteiger partial charge in [-0.1, -0.05) is 20.3 Å². The molecule has 1 aliphatic rings. The molecule has 106 valence electrons. The minimum atomic E-state index is -0.633. The molecule has 6 nitrogen and oxygen atoms in total. The fourth-order valence-corrected chi connectivity index (χ4v) is 2.21. The van der Waals surface area contributed by atoms with Crippen molar-refractivity contribution in [1.29, 1.82) is 5.26 Å². The molecule has 1 heterocycles. The number of nitrogens with zero attached hydrogens (tertiary/aromatic N) is 2. The fourth-order valence-electron chi connectivity index (χ4n) is 2.21. The van der Waals surface area contributed by atoms with E-state index in [4.69, 9.17) is 5.26 Å². The minimum Gasteiger partial charge on any atom is -0.453 e. The number of methoxy groups -OCH3 is 1. The molecule has 0 aromatic carbocycles. The first-order chi connectivity index (χ1) is 9.04. The lowest BCUT2D eigenvalue weighted by atomic mass is 9.97. The van der Waals surface area contributed by atoms with Gasteiger partial charge in [-0.3, -0.25) is 4.79 Å². The third-order valence-corrected chi connectivity index (χ3v) is 3.62. The standard InChI is InChI=1S/C13H21N3O3/c1-4-9(2)11(15-13(18)19-3)12(17)16-7-5-6-10(16)8-14/h9-11H,4-7H2,1-3H3,(H,15,18)/t9-,10-,11-/m0/s1. The van der Waals surface area contributed by atoms with E-state index in [0.29, 0.717) is 13.0 Å². The van der Waals surface area contributed by atoms with Crippen molar-refractivity contribution in [3.05, 3.63) is 0 Å². The van der Waals surface area contributed by atoms with E-state index in [-0.39, 0.29) is 17.9 Å². The summed E-state index contributed by atoms with van der Waals surface area (Å²) >= 11 is 0. The molecule has 1 aliphatic heterocycles. The Kier molecular flexibility index (Phi) is 5.61. The number of nitriles is 1. The van der Waals surface area contributed by atoms with Gasteiger partial charge in [0.05, 0.1) is 13.2 Å². The monoisotopic (exact) mass is 267 g/mol. The van der Waals surface area contributed by atoms with Gasteiger partial charge in [0.25, 0.3) is 0 Å². The van der Waals surface area contributed by atoms with E-state index < -0.39 is 12.1 Å². The number of hydrogen-bond acceptors (Lipinski definition) is 4. The zero-order valence-corrected chi connectivity index (χ0v) is 11.7. The summed E-state index contributed by atoms with van der Waals surface area (Å²) in [6.07, 6.45) is 1.67. The van der Waals surface area contributed by atoms with E-state index in [1.165, 1.54) is 7.11 Å². The van der Waals surface area contributed by atoms with Gasteiger partial charge in [-0.2, -0.15) is 5.26 Å². The average Bonchev–Trinajstić information content (AvgIpc) is 2.91. The van der Waals surface area contributed by atoms with Gasteiger partial charge in [0.1, 0.15) is 12.1 Å². The van der Waals surface area contributed by atoms with Crippen LogP contribution in [0, 0.1) is 17.2 Å². The van der Waals surface area contributed by atoms with Crippen LogP contribution in [-0.4, -0.2) is 42.6 Å². The van der Waals surface area contributed by atoms with Gasteiger partial charge in [0.15, 0.2) is 0 Å². The second-order valence-electron chi connectivity index (χ2n) is 4.82. The first-order valence-corrected chi connectivity index (χ1v) is 6.59. The molecule has 1 fully saturated rings. The van der Waals surface area contributed by atoms with E-state index in [0.717, 1.165) is 12.8 Å². The largest absolute Gasteiger partial charge is 0.453 e. The van der Waals surface area contributed by atoms with E-state index >= 15 is 0 Å². The smallest absolute Gasteiger partial charge is 0.407 e. The van der Waals surface area contributed by atoms with Crippen molar-refractivity contribution >= 4 is 12.0 Å². The molecule has 6 heteroatoms. The zero-order valence-electron chi connectivity index (χ0n) is 11.7. The molecule has 0 aliphatic carbocycles. The van der Waals surface area contributed by atoms with Crippen LogP contribution in [0.25, 0.3) is 0 Å². The quantitative estimate of drug-likeness (QED) is 0.831. The molecule has 1 N–H and O–H groups in total. The predicted octanol–water partition coefficient (Wildman–Crippen LogP) is 1.27. The van der Waals surface area contributed by atoms with Gasteiger partial charge in [0, 0.05) is 6.54 Å². The Bertz CT molecular complexity index is 378. The molecule has 0 unspecified atom stereocenters. The van der Waals surface area contributed by atoms with Gasteiger partial charge in [-0.25, -0.2) is 4.79 Å². The number of likely N-dealkylation sites (tertiary alicyclic amines) is 1. The molecule has 19 heavy (non-hydrogen) atoms. The van der Waals surface area contributed by atoms with Crippen molar-refractivity contribution in [1.82, 2.24) is 10.2 Å². The number of carbonyl (C=O) groups excluding carboxylic acids is 2. The molecule has 0 aromatic rings. The summed E-state index contributed by atoms with van der Waals surface area (Å²) in [5.74, 6) is -0.199. The Morgan fingerprint density at radius 3 is 2.79 bits per heavy atom. The maximum Gasteiger partial charge on any atom is 0.407 e. The lowest BCUT2D eigenvalue weighted by Crippen LogP contribution is -2.52. The van der Waals surface area contributed by atoms with Gasteiger partial charge in [0.2, 0.25) is 5.91 Å². The molecule has 2 amide bonds. The Balaban J connectivity index is 2.82. The van der Waals surface area contributed by atoms with Gasteiger partial charge < -0.3 is 15.0 Å². The van der Waals surface area contributed by atoms with E-state index in [9.17, 15) is 9.59 Å². The van der Waals surface area contributed by atoms with Crippen molar-refractivity contribution in [2.45, 2.75) is 45.2 Å². The van der Waals surface area contributed by atoms with Crippen molar-refractivity contribution in [3.8, 4) is 6.07 Å². The molecular formula is C13H21N3O3. The lowest BCUT2D eigenvalue weighted by molar-refractivity contribution is -0.134. The molecule has 3 atom stereocenters. The normalized spacial score (nSPS) is 21.4. The number of nitrogens with one attached hydrogen (secondary N) is 1.